The molecule has 0 aliphatic carbocycles. The van der Waals surface area contributed by atoms with Crippen molar-refractivity contribution < 1.29 is 13.2 Å². The maximum Gasteiger partial charge on any atom is 0.275 e. The molecule has 6 nitrogen and oxygen atoms in total. The minimum Gasteiger partial charge on any atom is -0.321 e. The topological polar surface area (TPSA) is 89.0 Å². The van der Waals surface area contributed by atoms with Gasteiger partial charge in [-0.3, -0.25) is 9.78 Å². The highest BCUT2D eigenvalue weighted by Crippen LogP contribution is 2.22. The lowest BCUT2D eigenvalue weighted by Crippen LogP contribution is -2.12. The van der Waals surface area contributed by atoms with Crippen LogP contribution in [0.2, 0.25) is 0 Å². The summed E-state index contributed by atoms with van der Waals surface area (Å²) in [6, 6.07) is 11.6. The molecule has 3 aromatic rings. The third-order valence-corrected chi connectivity index (χ3v) is 6.09. The highest BCUT2D eigenvalue weighted by atomic mass is 32.2. The monoisotopic (exact) mass is 373 g/mol. The number of aromatic nitrogens is 2. The third-order valence-electron chi connectivity index (χ3n) is 3.47. The average Bonchev–Trinajstić information content (AvgIpc) is 3.13. The summed E-state index contributed by atoms with van der Waals surface area (Å²) in [4.78, 5) is 21.0. The molecule has 128 valence electrons. The number of nitrogens with one attached hydrogen (secondary N) is 1. The molecule has 25 heavy (non-hydrogen) atoms. The molecule has 0 radical (unpaired) electrons. The molecule has 0 bridgehead atoms. The Balaban J connectivity index is 1.74. The van der Waals surface area contributed by atoms with Crippen LogP contribution in [0.4, 0.5) is 5.69 Å². The van der Waals surface area contributed by atoms with Crippen molar-refractivity contribution in [2.75, 3.05) is 11.1 Å². The number of sulfone groups is 1. The molecular formula is C17H15N3O3S2. The van der Waals surface area contributed by atoms with Crippen LogP contribution in [0.1, 0.15) is 17.4 Å². The predicted octanol–water partition coefficient (Wildman–Crippen LogP) is 3.25. The van der Waals surface area contributed by atoms with Crippen molar-refractivity contribution in [1.29, 1.82) is 0 Å². The van der Waals surface area contributed by atoms with Crippen molar-refractivity contribution in [3.63, 3.8) is 0 Å². The maximum atomic E-state index is 12.3. The van der Waals surface area contributed by atoms with Gasteiger partial charge >= 0.3 is 0 Å². The van der Waals surface area contributed by atoms with Crippen LogP contribution >= 0.6 is 11.3 Å². The molecule has 0 aliphatic heterocycles. The molecule has 2 aromatic heterocycles. The average molecular weight is 373 g/mol. The maximum absolute atomic E-state index is 12.3. The predicted molar refractivity (Wildman–Crippen MR) is 97.5 cm³/mol. The van der Waals surface area contributed by atoms with Gasteiger partial charge in [-0.25, -0.2) is 13.4 Å². The first-order valence-corrected chi connectivity index (χ1v) is 10.0. The largest absolute Gasteiger partial charge is 0.321 e. The van der Waals surface area contributed by atoms with Gasteiger partial charge in [-0.05, 0) is 36.4 Å². The Bertz CT molecular complexity index is 981. The van der Waals surface area contributed by atoms with Crippen molar-refractivity contribution >= 4 is 32.8 Å². The highest BCUT2D eigenvalue weighted by Gasteiger charge is 2.14. The van der Waals surface area contributed by atoms with E-state index < -0.39 is 9.84 Å². The summed E-state index contributed by atoms with van der Waals surface area (Å²) < 4.78 is 23.6. The molecule has 0 aliphatic rings. The van der Waals surface area contributed by atoms with Crippen LogP contribution in [-0.4, -0.2) is 30.0 Å². The number of hydrogen-bond acceptors (Lipinski definition) is 6. The van der Waals surface area contributed by atoms with Gasteiger partial charge in [-0.1, -0.05) is 13.0 Å². The van der Waals surface area contributed by atoms with Crippen LogP contribution in [-0.2, 0) is 9.84 Å². The summed E-state index contributed by atoms with van der Waals surface area (Å²) in [6.07, 6.45) is 1.67. The number of anilines is 1. The van der Waals surface area contributed by atoms with Gasteiger partial charge in [0.15, 0.2) is 9.84 Å². The zero-order valence-corrected chi connectivity index (χ0v) is 15.0. The molecule has 0 fully saturated rings. The van der Waals surface area contributed by atoms with Crippen LogP contribution < -0.4 is 5.32 Å². The van der Waals surface area contributed by atoms with Crippen molar-refractivity contribution in [3.05, 3.63) is 59.7 Å². The summed E-state index contributed by atoms with van der Waals surface area (Å²) in [5.41, 5.74) is 1.50. The SMILES string of the molecule is CCS(=O)(=O)c1ccc(NC(=O)c2csc(-c3ccccn3)n2)cc1. The molecule has 1 amide bonds. The Hall–Kier alpha value is -2.58. The highest BCUT2D eigenvalue weighted by molar-refractivity contribution is 7.91. The lowest BCUT2D eigenvalue weighted by Gasteiger charge is -2.05. The number of amides is 1. The second-order valence-electron chi connectivity index (χ2n) is 5.13. The smallest absolute Gasteiger partial charge is 0.275 e. The first-order valence-electron chi connectivity index (χ1n) is 7.50. The number of rotatable bonds is 5. The molecule has 1 N–H and O–H groups in total. The Morgan fingerprint density at radius 1 is 1.16 bits per heavy atom. The van der Waals surface area contributed by atoms with E-state index in [0.717, 1.165) is 0 Å². The minimum atomic E-state index is -3.25. The molecular weight excluding hydrogens is 358 g/mol. The minimum absolute atomic E-state index is 0.0355. The van der Waals surface area contributed by atoms with Crippen LogP contribution in [0, 0.1) is 0 Å². The van der Waals surface area contributed by atoms with Crippen molar-refractivity contribution in [2.24, 2.45) is 0 Å². The van der Waals surface area contributed by atoms with Gasteiger partial charge in [-0.15, -0.1) is 11.3 Å². The van der Waals surface area contributed by atoms with Gasteiger partial charge in [0.05, 0.1) is 16.3 Å². The number of nitrogens with zero attached hydrogens (tertiary/aromatic N) is 2. The Labute approximate surface area is 149 Å². The molecule has 0 spiro atoms. The van der Waals surface area contributed by atoms with Crippen LogP contribution in [0.3, 0.4) is 0 Å². The summed E-state index contributed by atoms with van der Waals surface area (Å²) in [5.74, 6) is -0.321. The third kappa shape index (κ3) is 3.92. The number of carbonyl (C=O) groups is 1. The molecule has 3 rings (SSSR count). The molecule has 0 saturated heterocycles. The zero-order valence-electron chi connectivity index (χ0n) is 13.3. The van der Waals surface area contributed by atoms with Crippen LogP contribution in [0.5, 0.6) is 0 Å². The second-order valence-corrected chi connectivity index (χ2v) is 8.27. The quantitative estimate of drug-likeness (QED) is 0.741. The van der Waals surface area contributed by atoms with E-state index in [-0.39, 0.29) is 22.2 Å². The van der Waals surface area contributed by atoms with Gasteiger partial charge in [0.2, 0.25) is 0 Å². The van der Waals surface area contributed by atoms with E-state index in [1.54, 1.807) is 30.6 Å². The fourth-order valence-electron chi connectivity index (χ4n) is 2.09. The number of thiazole rings is 1. The first-order chi connectivity index (χ1) is 12.0. The van der Waals surface area contributed by atoms with E-state index >= 15 is 0 Å². The first kappa shape index (κ1) is 17.2. The number of hydrogen-bond donors (Lipinski definition) is 1. The standard InChI is InChI=1S/C17H15N3O3S2/c1-2-25(22,23)13-8-6-12(7-9-13)19-16(21)15-11-24-17(20-15)14-5-3-4-10-18-14/h3-11H,2H2,1H3,(H,19,21). The van der Waals surface area contributed by atoms with Crippen LogP contribution in [0.25, 0.3) is 10.7 Å². The normalized spacial score (nSPS) is 11.2. The van der Waals surface area contributed by atoms with E-state index in [2.05, 4.69) is 15.3 Å². The summed E-state index contributed by atoms with van der Waals surface area (Å²) in [7, 11) is -3.25. The Morgan fingerprint density at radius 3 is 2.56 bits per heavy atom. The van der Waals surface area contributed by atoms with Crippen LogP contribution in [0.15, 0.2) is 58.9 Å². The lowest BCUT2D eigenvalue weighted by atomic mass is 10.3. The van der Waals surface area contributed by atoms with Gasteiger partial charge in [0.1, 0.15) is 10.7 Å². The van der Waals surface area contributed by atoms with Gasteiger partial charge in [-0.2, -0.15) is 0 Å². The van der Waals surface area contributed by atoms with Gasteiger partial charge in [0.25, 0.3) is 5.91 Å². The molecule has 0 saturated carbocycles. The molecule has 8 heteroatoms. The fourth-order valence-corrected chi connectivity index (χ4v) is 3.75. The Kier molecular flexibility index (Phi) is 4.91. The van der Waals surface area contributed by atoms with Gasteiger partial charge in [0, 0.05) is 17.3 Å². The zero-order chi connectivity index (χ0) is 17.9. The van der Waals surface area contributed by atoms with E-state index in [0.29, 0.717) is 16.4 Å². The summed E-state index contributed by atoms with van der Waals surface area (Å²) in [6.45, 7) is 1.59. The van der Waals surface area contributed by atoms with Crippen molar-refractivity contribution in [3.8, 4) is 10.7 Å². The fraction of sp³-hybridized carbons (Fsp3) is 0.118. The van der Waals surface area contributed by atoms with E-state index in [1.807, 2.05) is 18.2 Å². The molecule has 0 unspecified atom stereocenters. The summed E-state index contributed by atoms with van der Waals surface area (Å²) >= 11 is 1.34. The van der Waals surface area contributed by atoms with Gasteiger partial charge < -0.3 is 5.32 Å². The number of carbonyl (C=O) groups excluding carboxylic acids is 1. The van der Waals surface area contributed by atoms with E-state index in [4.69, 9.17) is 0 Å². The lowest BCUT2D eigenvalue weighted by molar-refractivity contribution is 0.102. The summed E-state index contributed by atoms with van der Waals surface area (Å²) in [5, 5.41) is 5.03. The van der Waals surface area contributed by atoms with E-state index in [1.165, 1.54) is 23.5 Å². The van der Waals surface area contributed by atoms with Crippen molar-refractivity contribution in [2.45, 2.75) is 11.8 Å². The van der Waals surface area contributed by atoms with Crippen molar-refractivity contribution in [1.82, 2.24) is 9.97 Å². The number of benzene rings is 1. The van der Waals surface area contributed by atoms with E-state index in [9.17, 15) is 13.2 Å². The number of pyridine rings is 1. The molecule has 2 heterocycles. The Morgan fingerprint density at radius 2 is 1.92 bits per heavy atom. The molecule has 0 atom stereocenters. The molecule has 1 aromatic carbocycles. The second kappa shape index (κ2) is 7.12.